The number of hydrogen-bond donors (Lipinski definition) is 1. The molecule has 2 aromatic carbocycles. The van der Waals surface area contributed by atoms with Gasteiger partial charge in [-0.05, 0) is 55.7 Å². The van der Waals surface area contributed by atoms with Crippen LogP contribution in [0.25, 0.3) is 0 Å². The molecular weight excluding hydrogens is 438 g/mol. The maximum absolute atomic E-state index is 12.9. The number of anilines is 1. The van der Waals surface area contributed by atoms with Gasteiger partial charge in [0.1, 0.15) is 5.25 Å². The molecule has 1 aliphatic heterocycles. The molecule has 0 spiro atoms. The third kappa shape index (κ3) is 4.31. The lowest BCUT2D eigenvalue weighted by Crippen LogP contribution is -2.35. The Morgan fingerprint density at radius 3 is 2.61 bits per heavy atom. The molecule has 1 atom stereocenters. The summed E-state index contributed by atoms with van der Waals surface area (Å²) in [6.07, 6.45) is 2.13. The predicted octanol–water partition coefficient (Wildman–Crippen LogP) is 4.88. The number of hydrogen-bond acceptors (Lipinski definition) is 4. The maximum atomic E-state index is 12.9. The van der Waals surface area contributed by atoms with Gasteiger partial charge in [-0.3, -0.25) is 14.5 Å². The van der Waals surface area contributed by atoms with E-state index in [2.05, 4.69) is 21.2 Å². The Kier molecular flexibility index (Phi) is 5.55. The molecule has 1 aliphatic carbocycles. The van der Waals surface area contributed by atoms with Crippen LogP contribution >= 0.6 is 27.7 Å². The summed E-state index contributed by atoms with van der Waals surface area (Å²) in [6, 6.07) is 15.5. The van der Waals surface area contributed by atoms with Gasteiger partial charge in [0.2, 0.25) is 11.8 Å². The second-order valence-electron chi connectivity index (χ2n) is 6.99. The molecule has 2 aliphatic rings. The number of amides is 2. The molecule has 2 amide bonds. The molecular formula is C21H20BrN3O2S. The first-order valence-electron chi connectivity index (χ1n) is 9.21. The van der Waals surface area contributed by atoms with Crippen LogP contribution in [0.3, 0.4) is 0 Å². The van der Waals surface area contributed by atoms with E-state index in [4.69, 9.17) is 4.99 Å². The summed E-state index contributed by atoms with van der Waals surface area (Å²) in [7, 11) is 0. The van der Waals surface area contributed by atoms with Crippen LogP contribution in [-0.4, -0.2) is 33.2 Å². The van der Waals surface area contributed by atoms with Crippen molar-refractivity contribution in [3.8, 4) is 0 Å². The highest BCUT2D eigenvalue weighted by Gasteiger charge is 2.46. The Hall–Kier alpha value is -2.12. The second kappa shape index (κ2) is 8.09. The van der Waals surface area contributed by atoms with Crippen LogP contribution < -0.4 is 5.32 Å². The quantitative estimate of drug-likeness (QED) is 0.695. The van der Waals surface area contributed by atoms with E-state index in [0.717, 1.165) is 34.3 Å². The van der Waals surface area contributed by atoms with Crippen molar-refractivity contribution in [2.75, 3.05) is 5.32 Å². The number of carbonyl (C=O) groups excluding carboxylic acids is 2. The fraction of sp³-hybridized carbons (Fsp3) is 0.286. The fourth-order valence-corrected chi connectivity index (χ4v) is 4.54. The maximum Gasteiger partial charge on any atom is 0.242 e. The molecule has 144 valence electrons. The number of aryl methyl sites for hydroxylation is 1. The number of para-hydroxylation sites is 1. The zero-order chi connectivity index (χ0) is 19.7. The van der Waals surface area contributed by atoms with Crippen LogP contribution in [-0.2, 0) is 9.59 Å². The number of nitrogens with one attached hydrogen (secondary N) is 1. The second-order valence-corrected chi connectivity index (χ2v) is 9.07. The lowest BCUT2D eigenvalue weighted by Gasteiger charge is -2.15. The van der Waals surface area contributed by atoms with Crippen molar-refractivity contribution >= 4 is 56.0 Å². The molecule has 7 heteroatoms. The monoisotopic (exact) mass is 457 g/mol. The Morgan fingerprint density at radius 1 is 1.21 bits per heavy atom. The van der Waals surface area contributed by atoms with Gasteiger partial charge in [0, 0.05) is 22.6 Å². The fourth-order valence-electron chi connectivity index (χ4n) is 3.07. The van der Waals surface area contributed by atoms with E-state index in [0.29, 0.717) is 5.17 Å². The van der Waals surface area contributed by atoms with E-state index in [-0.39, 0.29) is 24.3 Å². The molecule has 0 aromatic heterocycles. The van der Waals surface area contributed by atoms with Crippen molar-refractivity contribution < 1.29 is 9.59 Å². The first-order valence-corrected chi connectivity index (χ1v) is 10.9. The number of nitrogens with zero attached hydrogens (tertiary/aromatic N) is 2. The van der Waals surface area contributed by atoms with Gasteiger partial charge >= 0.3 is 0 Å². The topological polar surface area (TPSA) is 61.8 Å². The van der Waals surface area contributed by atoms with Crippen LogP contribution in [0.15, 0.2) is 58.0 Å². The highest BCUT2D eigenvalue weighted by Crippen LogP contribution is 2.39. The first-order chi connectivity index (χ1) is 13.5. The van der Waals surface area contributed by atoms with Gasteiger partial charge in [-0.2, -0.15) is 0 Å². The Labute approximate surface area is 176 Å². The van der Waals surface area contributed by atoms with Crippen LogP contribution in [0.4, 0.5) is 11.4 Å². The van der Waals surface area contributed by atoms with Crippen LogP contribution in [0, 0.1) is 6.92 Å². The summed E-state index contributed by atoms with van der Waals surface area (Å²) < 4.78 is 0.948. The van der Waals surface area contributed by atoms with E-state index in [1.807, 2.05) is 55.5 Å². The number of aliphatic imine (C=N–C) groups is 1. The number of amidine groups is 1. The van der Waals surface area contributed by atoms with Gasteiger partial charge in [0.15, 0.2) is 5.17 Å². The number of carbonyl (C=O) groups is 2. The van der Waals surface area contributed by atoms with Crippen LogP contribution in [0.2, 0.25) is 0 Å². The SMILES string of the molecule is Cc1ccccc1N=C1SC(CC(=O)Nc2ccc(Br)cc2)C(=O)N1C1CC1. The molecule has 0 radical (unpaired) electrons. The molecule has 0 bridgehead atoms. The van der Waals surface area contributed by atoms with Crippen molar-refractivity contribution in [3.63, 3.8) is 0 Å². The summed E-state index contributed by atoms with van der Waals surface area (Å²) in [5, 5.41) is 3.15. The minimum Gasteiger partial charge on any atom is -0.326 e. The normalized spacial score (nSPS) is 20.6. The molecule has 2 aromatic rings. The Balaban J connectivity index is 1.49. The van der Waals surface area contributed by atoms with Gasteiger partial charge in [0.25, 0.3) is 0 Å². The van der Waals surface area contributed by atoms with Gasteiger partial charge in [-0.1, -0.05) is 45.9 Å². The van der Waals surface area contributed by atoms with E-state index >= 15 is 0 Å². The summed E-state index contributed by atoms with van der Waals surface area (Å²) >= 11 is 4.77. The number of benzene rings is 2. The molecule has 28 heavy (non-hydrogen) atoms. The zero-order valence-corrected chi connectivity index (χ0v) is 17.8. The first kappa shape index (κ1) is 19.2. The standard InChI is InChI=1S/C21H20BrN3O2S/c1-13-4-2-3-5-17(13)24-21-25(16-10-11-16)20(27)18(28-21)12-19(26)23-15-8-6-14(22)7-9-15/h2-9,16,18H,10-12H2,1H3,(H,23,26). The smallest absolute Gasteiger partial charge is 0.242 e. The van der Waals surface area contributed by atoms with Gasteiger partial charge in [-0.25, -0.2) is 4.99 Å². The highest BCUT2D eigenvalue weighted by molar-refractivity contribution is 9.10. The van der Waals surface area contributed by atoms with Crippen molar-refractivity contribution in [2.24, 2.45) is 4.99 Å². The molecule has 4 rings (SSSR count). The van der Waals surface area contributed by atoms with Gasteiger partial charge in [-0.15, -0.1) is 0 Å². The Morgan fingerprint density at radius 2 is 1.93 bits per heavy atom. The Bertz CT molecular complexity index is 941. The molecule has 1 N–H and O–H groups in total. The highest BCUT2D eigenvalue weighted by atomic mass is 79.9. The van der Waals surface area contributed by atoms with Crippen LogP contribution in [0.5, 0.6) is 0 Å². The van der Waals surface area contributed by atoms with E-state index in [1.54, 1.807) is 4.90 Å². The summed E-state index contributed by atoms with van der Waals surface area (Å²) in [5.41, 5.74) is 2.65. The third-order valence-electron chi connectivity index (χ3n) is 4.71. The lowest BCUT2D eigenvalue weighted by atomic mass is 10.2. The summed E-state index contributed by atoms with van der Waals surface area (Å²) in [5.74, 6) is -0.174. The number of halogens is 1. The molecule has 2 fully saturated rings. The average Bonchev–Trinajstić information content (AvgIpc) is 3.45. The van der Waals surface area contributed by atoms with E-state index < -0.39 is 5.25 Å². The van der Waals surface area contributed by atoms with E-state index in [9.17, 15) is 9.59 Å². The molecule has 1 unspecified atom stereocenters. The van der Waals surface area contributed by atoms with Crippen molar-refractivity contribution in [1.29, 1.82) is 0 Å². The lowest BCUT2D eigenvalue weighted by molar-refractivity contribution is -0.128. The average molecular weight is 458 g/mol. The predicted molar refractivity (Wildman–Crippen MR) is 117 cm³/mol. The molecule has 1 saturated heterocycles. The zero-order valence-electron chi connectivity index (χ0n) is 15.4. The van der Waals surface area contributed by atoms with Crippen molar-refractivity contribution in [3.05, 3.63) is 58.6 Å². The van der Waals surface area contributed by atoms with E-state index in [1.165, 1.54) is 11.8 Å². The summed E-state index contributed by atoms with van der Waals surface area (Å²) in [6.45, 7) is 2.01. The molecule has 1 saturated carbocycles. The third-order valence-corrected chi connectivity index (χ3v) is 6.39. The van der Waals surface area contributed by atoms with Crippen molar-refractivity contribution in [1.82, 2.24) is 4.90 Å². The largest absolute Gasteiger partial charge is 0.326 e. The minimum atomic E-state index is -0.432. The summed E-state index contributed by atoms with van der Waals surface area (Å²) in [4.78, 5) is 32.0. The van der Waals surface area contributed by atoms with Gasteiger partial charge in [0.05, 0.1) is 5.69 Å². The molecule has 5 nitrogen and oxygen atoms in total. The number of thioether (sulfide) groups is 1. The minimum absolute atomic E-state index is 0.00853. The van der Waals surface area contributed by atoms with Crippen LogP contribution in [0.1, 0.15) is 24.8 Å². The van der Waals surface area contributed by atoms with Gasteiger partial charge < -0.3 is 5.32 Å². The molecule has 1 heterocycles. The van der Waals surface area contributed by atoms with Crippen molar-refractivity contribution in [2.45, 2.75) is 37.5 Å². The number of rotatable bonds is 5.